The van der Waals surface area contributed by atoms with Crippen LogP contribution in [0.2, 0.25) is 5.02 Å². The van der Waals surface area contributed by atoms with Crippen LogP contribution in [0.4, 0.5) is 21.7 Å². The van der Waals surface area contributed by atoms with Crippen molar-refractivity contribution in [1.29, 1.82) is 0 Å². The Hall–Kier alpha value is -4.02. The first kappa shape index (κ1) is 26.6. The van der Waals surface area contributed by atoms with Crippen molar-refractivity contribution in [2.45, 2.75) is 30.1 Å². The van der Waals surface area contributed by atoms with Gasteiger partial charge in [0.25, 0.3) is 5.91 Å². The van der Waals surface area contributed by atoms with E-state index in [2.05, 4.69) is 20.6 Å². The Morgan fingerprint density at radius 1 is 1.08 bits per heavy atom. The summed E-state index contributed by atoms with van der Waals surface area (Å²) in [5.41, 5.74) is 1.63. The van der Waals surface area contributed by atoms with E-state index in [0.29, 0.717) is 23.4 Å². The highest BCUT2D eigenvalue weighted by Gasteiger charge is 2.45. The number of amides is 1. The molecule has 39 heavy (non-hydrogen) atoms. The van der Waals surface area contributed by atoms with Crippen molar-refractivity contribution >= 4 is 44.7 Å². The number of aromatic hydroxyl groups is 1. The number of anilines is 3. The van der Waals surface area contributed by atoms with Crippen molar-refractivity contribution < 1.29 is 22.7 Å². The molecule has 1 heterocycles. The zero-order chi connectivity index (χ0) is 27.7. The molecule has 4 aromatic rings. The Morgan fingerprint density at radius 2 is 1.82 bits per heavy atom. The number of carbonyl (C=O) groups excluding carboxylic acids is 1. The number of hydrogen-bond acceptors (Lipinski definition) is 7. The molecule has 1 aromatic heterocycles. The molecule has 1 fully saturated rings. The summed E-state index contributed by atoms with van der Waals surface area (Å²) in [6, 6.07) is 17.2. The molecule has 0 saturated heterocycles. The van der Waals surface area contributed by atoms with Crippen LogP contribution in [0, 0.1) is 5.82 Å². The van der Waals surface area contributed by atoms with Crippen LogP contribution in [0.5, 0.6) is 5.75 Å². The Morgan fingerprint density at radius 3 is 2.54 bits per heavy atom. The Balaban J connectivity index is 1.52. The molecule has 0 bridgehead atoms. The number of para-hydroxylation sites is 1. The maximum atomic E-state index is 14.4. The summed E-state index contributed by atoms with van der Waals surface area (Å²) in [6.45, 7) is 1.60. The van der Waals surface area contributed by atoms with Gasteiger partial charge in [0.15, 0.2) is 9.84 Å². The van der Waals surface area contributed by atoms with Gasteiger partial charge in [-0.15, -0.1) is 0 Å². The Kier molecular flexibility index (Phi) is 7.24. The molecular formula is C28H24ClFN4O4S. The van der Waals surface area contributed by atoms with Crippen LogP contribution in [0.15, 0.2) is 77.8 Å². The topological polar surface area (TPSA) is 121 Å². The fraction of sp³-hybridized carbons (Fsp3) is 0.179. The molecule has 2 unspecified atom stereocenters. The third-order valence-corrected chi connectivity index (χ3v) is 8.68. The van der Waals surface area contributed by atoms with Gasteiger partial charge in [-0.3, -0.25) is 4.79 Å². The van der Waals surface area contributed by atoms with Gasteiger partial charge in [0.1, 0.15) is 11.6 Å². The van der Waals surface area contributed by atoms with Gasteiger partial charge in [0.05, 0.1) is 32.6 Å². The van der Waals surface area contributed by atoms with Crippen molar-refractivity contribution in [3.63, 3.8) is 0 Å². The second kappa shape index (κ2) is 10.6. The molecule has 3 N–H and O–H groups in total. The van der Waals surface area contributed by atoms with Gasteiger partial charge < -0.3 is 15.7 Å². The maximum Gasteiger partial charge on any atom is 0.259 e. The first-order chi connectivity index (χ1) is 18.7. The van der Waals surface area contributed by atoms with E-state index in [0.717, 1.165) is 0 Å². The van der Waals surface area contributed by atoms with Gasteiger partial charge >= 0.3 is 0 Å². The zero-order valence-electron chi connectivity index (χ0n) is 20.7. The van der Waals surface area contributed by atoms with Crippen molar-refractivity contribution in [2.75, 3.05) is 16.4 Å². The predicted octanol–water partition coefficient (Wildman–Crippen LogP) is 6.04. The van der Waals surface area contributed by atoms with E-state index in [1.165, 1.54) is 36.5 Å². The molecule has 1 aliphatic carbocycles. The maximum absolute atomic E-state index is 14.4. The molecule has 0 radical (unpaired) electrons. The summed E-state index contributed by atoms with van der Waals surface area (Å²) >= 11 is 6.11. The minimum atomic E-state index is -3.47. The quantitative estimate of drug-likeness (QED) is 0.222. The summed E-state index contributed by atoms with van der Waals surface area (Å²) in [5.74, 6) is -1.54. The lowest BCUT2D eigenvalue weighted by atomic mass is 10.0. The fourth-order valence-corrected chi connectivity index (χ4v) is 5.84. The molecule has 2 atom stereocenters. The molecular weight excluding hydrogens is 543 g/mol. The van der Waals surface area contributed by atoms with Crippen LogP contribution < -0.4 is 10.6 Å². The molecule has 0 spiro atoms. The average Bonchev–Trinajstić information content (AvgIpc) is 3.73. The number of benzene rings is 3. The van der Waals surface area contributed by atoms with Crippen molar-refractivity contribution in [1.82, 2.24) is 9.97 Å². The summed E-state index contributed by atoms with van der Waals surface area (Å²) in [7, 11) is -3.47. The molecule has 8 nitrogen and oxygen atoms in total. The number of carbonyl (C=O) groups is 1. The molecule has 11 heteroatoms. The number of hydrogen-bond donors (Lipinski definition) is 3. The van der Waals surface area contributed by atoms with Crippen LogP contribution in [0.1, 0.15) is 46.8 Å². The number of rotatable bonds is 8. The lowest BCUT2D eigenvalue weighted by Crippen LogP contribution is -2.17. The van der Waals surface area contributed by atoms with Crippen molar-refractivity contribution in [3.05, 3.63) is 101 Å². The van der Waals surface area contributed by atoms with Gasteiger partial charge in [-0.1, -0.05) is 42.8 Å². The van der Waals surface area contributed by atoms with Gasteiger partial charge in [-0.05, 0) is 60.4 Å². The highest BCUT2D eigenvalue weighted by molar-refractivity contribution is 7.91. The minimum absolute atomic E-state index is 0.0351. The molecule has 1 amide bonds. The van der Waals surface area contributed by atoms with Crippen LogP contribution in [-0.2, 0) is 9.84 Å². The smallest absolute Gasteiger partial charge is 0.259 e. The van der Waals surface area contributed by atoms with Crippen molar-refractivity contribution in [2.24, 2.45) is 0 Å². The third-order valence-electron chi connectivity index (χ3n) is 6.56. The Bertz CT molecular complexity index is 1640. The highest BCUT2D eigenvalue weighted by Crippen LogP contribution is 2.56. The van der Waals surface area contributed by atoms with Crippen LogP contribution in [-0.4, -0.2) is 35.2 Å². The number of aromatic nitrogens is 2. The molecule has 1 aliphatic rings. The van der Waals surface area contributed by atoms with E-state index >= 15 is 0 Å². The normalized spacial score (nSPS) is 16.5. The molecule has 1 saturated carbocycles. The fourth-order valence-electron chi connectivity index (χ4n) is 4.45. The minimum Gasteiger partial charge on any atom is -0.508 e. The monoisotopic (exact) mass is 566 g/mol. The molecule has 3 aromatic carbocycles. The molecule has 0 aliphatic heterocycles. The van der Waals surface area contributed by atoms with E-state index in [9.17, 15) is 22.7 Å². The van der Waals surface area contributed by atoms with Crippen molar-refractivity contribution in [3.8, 4) is 5.75 Å². The summed E-state index contributed by atoms with van der Waals surface area (Å²) in [6.07, 6.45) is 1.91. The van der Waals surface area contributed by atoms with E-state index in [1.54, 1.807) is 43.3 Å². The highest BCUT2D eigenvalue weighted by atomic mass is 35.5. The number of halogens is 2. The average molecular weight is 567 g/mol. The second-order valence-electron chi connectivity index (χ2n) is 9.11. The van der Waals surface area contributed by atoms with E-state index in [4.69, 9.17) is 11.6 Å². The van der Waals surface area contributed by atoms with Crippen LogP contribution in [0.3, 0.4) is 0 Å². The first-order valence-corrected chi connectivity index (χ1v) is 14.2. The molecule has 5 rings (SSSR count). The van der Waals surface area contributed by atoms with E-state index < -0.39 is 21.6 Å². The lowest BCUT2D eigenvalue weighted by molar-refractivity contribution is 0.102. The predicted molar refractivity (Wildman–Crippen MR) is 147 cm³/mol. The van der Waals surface area contributed by atoms with Gasteiger partial charge in [0, 0.05) is 17.8 Å². The lowest BCUT2D eigenvalue weighted by Gasteiger charge is -2.14. The largest absolute Gasteiger partial charge is 0.508 e. The van der Waals surface area contributed by atoms with Gasteiger partial charge in [-0.25, -0.2) is 22.8 Å². The van der Waals surface area contributed by atoms with Gasteiger partial charge in [0.2, 0.25) is 5.95 Å². The Labute approximate surface area is 229 Å². The number of nitrogens with one attached hydrogen (secondary N) is 2. The standard InChI is InChI=1S/C28H24ClFN4O4S/c1-2-39(37,38)24-9-4-3-6-18(24)19-14-20(19)25-21(27(36)33-26-22(29)7-5-8-23(26)30)15-31-28(34-25)32-16-10-12-17(35)13-11-16/h3-13,15,19-20,35H,2,14H2,1H3,(H,33,36)(H,31,32,34). The third kappa shape index (κ3) is 5.57. The zero-order valence-corrected chi connectivity index (χ0v) is 22.3. The van der Waals surface area contributed by atoms with Gasteiger partial charge in [-0.2, -0.15) is 0 Å². The first-order valence-electron chi connectivity index (χ1n) is 12.2. The number of phenols is 1. The summed E-state index contributed by atoms with van der Waals surface area (Å²) in [5, 5.41) is 15.2. The number of sulfone groups is 1. The summed E-state index contributed by atoms with van der Waals surface area (Å²) < 4.78 is 39.9. The van der Waals surface area contributed by atoms with E-state index in [-0.39, 0.29) is 50.5 Å². The summed E-state index contributed by atoms with van der Waals surface area (Å²) in [4.78, 5) is 22.5. The molecule has 200 valence electrons. The van der Waals surface area contributed by atoms with Crippen LogP contribution in [0.25, 0.3) is 0 Å². The number of nitrogens with zero attached hydrogens (tertiary/aromatic N) is 2. The van der Waals surface area contributed by atoms with Crippen LogP contribution >= 0.6 is 11.6 Å². The second-order valence-corrected chi connectivity index (χ2v) is 11.8. The SMILES string of the molecule is CCS(=O)(=O)c1ccccc1C1CC1c1nc(Nc2ccc(O)cc2)ncc1C(=O)Nc1c(F)cccc1Cl. The van der Waals surface area contributed by atoms with E-state index in [1.807, 2.05) is 0 Å². The number of phenolic OH excluding ortho intramolecular Hbond substituents is 1.